The summed E-state index contributed by atoms with van der Waals surface area (Å²) in [5.41, 5.74) is 1.99. The number of nitrogens with one attached hydrogen (secondary N) is 2. The zero-order chi connectivity index (χ0) is 20.4. The molecule has 1 aromatic heterocycles. The number of ether oxygens (including phenoxy) is 1. The van der Waals surface area contributed by atoms with Crippen molar-refractivity contribution in [1.82, 2.24) is 20.4 Å². The SMILES string of the molecule is COc1ccc(-c2[nH]ncc2C(=O)N2CC[C@H](CO)[C@H](NC(=O)C3CC3)C2)cc1. The number of methoxy groups -OCH3 is 1. The summed E-state index contributed by atoms with van der Waals surface area (Å²) in [6.45, 7) is 0.920. The third-order valence-corrected chi connectivity index (χ3v) is 5.80. The van der Waals surface area contributed by atoms with Crippen molar-refractivity contribution in [3.05, 3.63) is 36.0 Å². The first-order valence-electron chi connectivity index (χ1n) is 9.99. The van der Waals surface area contributed by atoms with E-state index in [1.807, 2.05) is 24.3 Å². The van der Waals surface area contributed by atoms with Crippen molar-refractivity contribution in [2.75, 3.05) is 26.8 Å². The van der Waals surface area contributed by atoms with E-state index in [1.165, 1.54) is 6.20 Å². The molecule has 2 amide bonds. The Morgan fingerprint density at radius 1 is 1.28 bits per heavy atom. The number of benzene rings is 1. The highest BCUT2D eigenvalue weighted by Gasteiger charge is 2.37. The first-order valence-corrected chi connectivity index (χ1v) is 9.99. The number of nitrogens with zero attached hydrogens (tertiary/aromatic N) is 2. The summed E-state index contributed by atoms with van der Waals surface area (Å²) in [7, 11) is 1.61. The molecule has 1 aromatic carbocycles. The van der Waals surface area contributed by atoms with Gasteiger partial charge in [-0.15, -0.1) is 0 Å². The number of likely N-dealkylation sites (tertiary alicyclic amines) is 1. The molecule has 2 atom stereocenters. The summed E-state index contributed by atoms with van der Waals surface area (Å²) < 4.78 is 5.19. The molecule has 4 rings (SSSR count). The average Bonchev–Trinajstić information content (AvgIpc) is 3.50. The van der Waals surface area contributed by atoms with Crippen LogP contribution < -0.4 is 10.1 Å². The van der Waals surface area contributed by atoms with Crippen LogP contribution in [-0.2, 0) is 4.79 Å². The topological polar surface area (TPSA) is 108 Å². The van der Waals surface area contributed by atoms with E-state index in [0.717, 1.165) is 24.2 Å². The second-order valence-electron chi connectivity index (χ2n) is 7.76. The smallest absolute Gasteiger partial charge is 0.257 e. The van der Waals surface area contributed by atoms with Crippen LogP contribution in [0.3, 0.4) is 0 Å². The van der Waals surface area contributed by atoms with Crippen molar-refractivity contribution in [2.24, 2.45) is 11.8 Å². The third kappa shape index (κ3) is 4.12. The zero-order valence-corrected chi connectivity index (χ0v) is 16.4. The van der Waals surface area contributed by atoms with E-state index in [4.69, 9.17) is 4.74 Å². The van der Waals surface area contributed by atoms with Crippen LogP contribution in [0.5, 0.6) is 5.75 Å². The second-order valence-corrected chi connectivity index (χ2v) is 7.76. The molecule has 0 unspecified atom stereocenters. The van der Waals surface area contributed by atoms with E-state index in [-0.39, 0.29) is 36.3 Å². The van der Waals surface area contributed by atoms with Gasteiger partial charge in [0.15, 0.2) is 0 Å². The van der Waals surface area contributed by atoms with Gasteiger partial charge < -0.3 is 20.1 Å². The van der Waals surface area contributed by atoms with Gasteiger partial charge in [0.1, 0.15) is 5.75 Å². The maximum atomic E-state index is 13.2. The Morgan fingerprint density at radius 3 is 2.69 bits per heavy atom. The Bertz CT molecular complexity index is 875. The van der Waals surface area contributed by atoms with E-state index >= 15 is 0 Å². The number of carbonyl (C=O) groups is 2. The average molecular weight is 398 g/mol. The maximum absolute atomic E-state index is 13.2. The number of amides is 2. The number of hydrogen-bond acceptors (Lipinski definition) is 5. The van der Waals surface area contributed by atoms with Crippen molar-refractivity contribution >= 4 is 11.8 Å². The molecule has 29 heavy (non-hydrogen) atoms. The molecule has 0 radical (unpaired) electrons. The molecule has 154 valence electrons. The highest BCUT2D eigenvalue weighted by atomic mass is 16.5. The molecule has 2 heterocycles. The Hall–Kier alpha value is -2.87. The Balaban J connectivity index is 1.50. The summed E-state index contributed by atoms with van der Waals surface area (Å²) >= 11 is 0. The van der Waals surface area contributed by atoms with Gasteiger partial charge in [-0.2, -0.15) is 5.10 Å². The van der Waals surface area contributed by atoms with Crippen LogP contribution in [0.2, 0.25) is 0 Å². The van der Waals surface area contributed by atoms with Gasteiger partial charge in [-0.05, 0) is 43.5 Å². The van der Waals surface area contributed by atoms with Crippen LogP contribution in [-0.4, -0.2) is 64.9 Å². The number of rotatable bonds is 6. The van der Waals surface area contributed by atoms with Gasteiger partial charge in [0.2, 0.25) is 5.91 Å². The number of aromatic amines is 1. The van der Waals surface area contributed by atoms with Crippen LogP contribution >= 0.6 is 0 Å². The molecule has 0 spiro atoms. The first kappa shape index (κ1) is 19.4. The Labute approximate surface area is 169 Å². The molecule has 2 aromatic rings. The number of aliphatic hydroxyl groups is 1. The lowest BCUT2D eigenvalue weighted by atomic mass is 9.91. The summed E-state index contributed by atoms with van der Waals surface area (Å²) in [6, 6.07) is 7.18. The predicted molar refractivity (Wildman–Crippen MR) is 106 cm³/mol. The minimum Gasteiger partial charge on any atom is -0.497 e. The molecule has 3 N–H and O–H groups in total. The third-order valence-electron chi connectivity index (χ3n) is 5.80. The fourth-order valence-electron chi connectivity index (χ4n) is 3.81. The number of piperidine rings is 1. The van der Waals surface area contributed by atoms with Gasteiger partial charge >= 0.3 is 0 Å². The maximum Gasteiger partial charge on any atom is 0.257 e. The van der Waals surface area contributed by atoms with E-state index in [1.54, 1.807) is 12.0 Å². The molecular weight excluding hydrogens is 372 g/mol. The second kappa shape index (κ2) is 8.24. The van der Waals surface area contributed by atoms with Crippen molar-refractivity contribution < 1.29 is 19.4 Å². The molecule has 8 nitrogen and oxygen atoms in total. The van der Waals surface area contributed by atoms with Crippen molar-refractivity contribution in [2.45, 2.75) is 25.3 Å². The fourth-order valence-corrected chi connectivity index (χ4v) is 3.81. The lowest BCUT2D eigenvalue weighted by Crippen LogP contribution is -2.55. The van der Waals surface area contributed by atoms with Gasteiger partial charge in [-0.3, -0.25) is 14.7 Å². The standard InChI is InChI=1S/C21H26N4O4/c1-29-16-6-4-13(5-7-16)19-17(10-22-24-19)21(28)25-9-8-15(12-26)18(11-25)23-20(27)14-2-3-14/h4-7,10,14-15,18,26H,2-3,8-9,11-12H2,1H3,(H,22,24)(H,23,27)/t15-,18-/m1/s1. The van der Waals surface area contributed by atoms with Gasteiger partial charge in [0, 0.05) is 37.1 Å². The van der Waals surface area contributed by atoms with Crippen LogP contribution in [0.15, 0.2) is 30.5 Å². The molecule has 8 heteroatoms. The normalized spacial score (nSPS) is 21.7. The van der Waals surface area contributed by atoms with Crippen molar-refractivity contribution in [3.8, 4) is 17.0 Å². The van der Waals surface area contributed by atoms with Crippen molar-refractivity contribution in [1.29, 1.82) is 0 Å². The van der Waals surface area contributed by atoms with E-state index < -0.39 is 0 Å². The Morgan fingerprint density at radius 2 is 2.03 bits per heavy atom. The first-order chi connectivity index (χ1) is 14.1. The summed E-state index contributed by atoms with van der Waals surface area (Å²) in [6.07, 6.45) is 4.03. The molecule has 1 saturated carbocycles. The van der Waals surface area contributed by atoms with Crippen LogP contribution in [0.4, 0.5) is 0 Å². The zero-order valence-electron chi connectivity index (χ0n) is 16.4. The highest BCUT2D eigenvalue weighted by Crippen LogP contribution is 2.30. The number of carbonyl (C=O) groups excluding carboxylic acids is 2. The van der Waals surface area contributed by atoms with E-state index in [2.05, 4.69) is 15.5 Å². The fraction of sp³-hybridized carbons (Fsp3) is 0.476. The minimum atomic E-state index is -0.234. The van der Waals surface area contributed by atoms with Gasteiger partial charge in [-0.25, -0.2) is 0 Å². The van der Waals surface area contributed by atoms with Gasteiger partial charge in [-0.1, -0.05) is 0 Å². The molecule has 1 aliphatic carbocycles. The van der Waals surface area contributed by atoms with Crippen molar-refractivity contribution in [3.63, 3.8) is 0 Å². The van der Waals surface area contributed by atoms with E-state index in [9.17, 15) is 14.7 Å². The number of hydrogen-bond donors (Lipinski definition) is 3. The number of H-pyrrole nitrogens is 1. The molecule has 1 aliphatic heterocycles. The summed E-state index contributed by atoms with van der Waals surface area (Å²) in [5, 5.41) is 19.7. The largest absolute Gasteiger partial charge is 0.497 e. The lowest BCUT2D eigenvalue weighted by molar-refractivity contribution is -0.123. The molecular formula is C21H26N4O4. The molecule has 2 aliphatic rings. The Kier molecular flexibility index (Phi) is 5.53. The number of aliphatic hydroxyl groups excluding tert-OH is 1. The molecule has 0 bridgehead atoms. The summed E-state index contributed by atoms with van der Waals surface area (Å²) in [5.74, 6) is 0.696. The van der Waals surface area contributed by atoms with Crippen LogP contribution in [0.1, 0.15) is 29.6 Å². The number of aromatic nitrogens is 2. The monoisotopic (exact) mass is 398 g/mol. The van der Waals surface area contributed by atoms with Crippen LogP contribution in [0, 0.1) is 11.8 Å². The highest BCUT2D eigenvalue weighted by molar-refractivity contribution is 5.99. The minimum absolute atomic E-state index is 0.000449. The predicted octanol–water partition coefficient (Wildman–Crippen LogP) is 1.43. The summed E-state index contributed by atoms with van der Waals surface area (Å²) in [4.78, 5) is 27.2. The van der Waals surface area contributed by atoms with Gasteiger partial charge in [0.25, 0.3) is 5.91 Å². The lowest BCUT2D eigenvalue weighted by Gasteiger charge is -2.38. The van der Waals surface area contributed by atoms with Gasteiger partial charge in [0.05, 0.1) is 30.6 Å². The quantitative estimate of drug-likeness (QED) is 0.682. The van der Waals surface area contributed by atoms with E-state index in [0.29, 0.717) is 30.8 Å². The molecule has 1 saturated heterocycles. The molecule has 2 fully saturated rings. The van der Waals surface area contributed by atoms with Crippen LogP contribution in [0.25, 0.3) is 11.3 Å².